The van der Waals surface area contributed by atoms with Crippen molar-refractivity contribution < 1.29 is 18.0 Å². The number of pyridine rings is 2. The smallest absolute Gasteiger partial charge is 0.262 e. The Balaban J connectivity index is 1.56. The number of rotatable bonds is 4. The molecule has 0 aromatic carbocycles. The molecule has 28 heavy (non-hydrogen) atoms. The van der Waals surface area contributed by atoms with E-state index >= 15 is 0 Å². The number of anilines is 1. The summed E-state index contributed by atoms with van der Waals surface area (Å²) in [7, 11) is 0. The van der Waals surface area contributed by atoms with Crippen LogP contribution in [0.1, 0.15) is 15.9 Å². The first-order valence-electron chi connectivity index (χ1n) is 8.09. The molecule has 140 valence electrons. The van der Waals surface area contributed by atoms with Crippen molar-refractivity contribution in [3.63, 3.8) is 0 Å². The van der Waals surface area contributed by atoms with Gasteiger partial charge in [0.1, 0.15) is 11.4 Å². The molecule has 1 N–H and O–H groups in total. The first-order valence-corrected chi connectivity index (χ1v) is 8.90. The Hall–Kier alpha value is -3.46. The molecule has 4 rings (SSSR count). The summed E-state index contributed by atoms with van der Waals surface area (Å²) in [5, 5.41) is 2.38. The zero-order valence-corrected chi connectivity index (χ0v) is 15.3. The van der Waals surface area contributed by atoms with E-state index < -0.39 is 23.1 Å². The monoisotopic (exact) mass is 398 g/mol. The van der Waals surface area contributed by atoms with E-state index in [-0.39, 0.29) is 5.82 Å². The standard InChI is InChI=1S/C19H12F2N4O2S/c1-10-4-15(14-8-23-9-27-14)28-18(10)11-2-3-16(24-5-11)25-19(26)17-12(20)6-22-7-13(17)21/h2-9H,1H3,(H,24,25,26). The third kappa shape index (κ3) is 3.39. The molecule has 0 aliphatic carbocycles. The van der Waals surface area contributed by atoms with Crippen molar-refractivity contribution in [2.45, 2.75) is 6.92 Å². The molecule has 1 amide bonds. The van der Waals surface area contributed by atoms with Crippen LogP contribution in [-0.2, 0) is 0 Å². The number of thiophene rings is 1. The van der Waals surface area contributed by atoms with Gasteiger partial charge < -0.3 is 9.73 Å². The van der Waals surface area contributed by atoms with E-state index in [0.717, 1.165) is 33.3 Å². The van der Waals surface area contributed by atoms with E-state index in [1.165, 1.54) is 17.7 Å². The fourth-order valence-electron chi connectivity index (χ4n) is 2.64. The predicted octanol–water partition coefficient (Wildman–Crippen LogP) is 4.70. The van der Waals surface area contributed by atoms with Crippen LogP contribution in [0.2, 0.25) is 0 Å². The first-order chi connectivity index (χ1) is 13.5. The summed E-state index contributed by atoms with van der Waals surface area (Å²) in [6.07, 6.45) is 6.15. The molecule has 0 spiro atoms. The minimum absolute atomic E-state index is 0.175. The van der Waals surface area contributed by atoms with Crippen LogP contribution in [0, 0.1) is 18.6 Å². The molecule has 0 unspecified atom stereocenters. The minimum Gasteiger partial charge on any atom is -0.443 e. The van der Waals surface area contributed by atoms with Crippen molar-refractivity contribution in [2.24, 2.45) is 0 Å². The molecule has 0 fully saturated rings. The number of nitrogens with one attached hydrogen (secondary N) is 1. The summed E-state index contributed by atoms with van der Waals surface area (Å²) in [5.41, 5.74) is 1.18. The molecular formula is C19H12F2N4O2S. The normalized spacial score (nSPS) is 10.8. The van der Waals surface area contributed by atoms with Crippen LogP contribution in [-0.4, -0.2) is 20.9 Å². The van der Waals surface area contributed by atoms with Gasteiger partial charge in [0.2, 0.25) is 0 Å². The predicted molar refractivity (Wildman–Crippen MR) is 99.9 cm³/mol. The van der Waals surface area contributed by atoms with Gasteiger partial charge in [-0.05, 0) is 30.7 Å². The number of carbonyl (C=O) groups excluding carboxylic acids is 1. The van der Waals surface area contributed by atoms with E-state index in [4.69, 9.17) is 4.42 Å². The van der Waals surface area contributed by atoms with Gasteiger partial charge in [-0.1, -0.05) is 0 Å². The summed E-state index contributed by atoms with van der Waals surface area (Å²) in [6, 6.07) is 5.33. The lowest BCUT2D eigenvalue weighted by molar-refractivity contribution is 0.101. The average Bonchev–Trinajstić information content (AvgIpc) is 3.32. The Morgan fingerprint density at radius 3 is 2.54 bits per heavy atom. The van der Waals surface area contributed by atoms with Crippen LogP contribution < -0.4 is 5.32 Å². The number of nitrogens with zero attached hydrogens (tertiary/aromatic N) is 3. The van der Waals surface area contributed by atoms with Crippen LogP contribution in [0.4, 0.5) is 14.6 Å². The van der Waals surface area contributed by atoms with Gasteiger partial charge in [0, 0.05) is 16.6 Å². The fourth-order valence-corrected chi connectivity index (χ4v) is 3.75. The van der Waals surface area contributed by atoms with Gasteiger partial charge in [-0.25, -0.2) is 18.7 Å². The van der Waals surface area contributed by atoms with Crippen molar-refractivity contribution in [3.05, 3.63) is 72.1 Å². The first kappa shape index (κ1) is 17.9. The largest absolute Gasteiger partial charge is 0.443 e. The van der Waals surface area contributed by atoms with Crippen molar-refractivity contribution in [2.75, 3.05) is 5.32 Å². The van der Waals surface area contributed by atoms with Crippen molar-refractivity contribution in [3.8, 4) is 21.1 Å². The maximum absolute atomic E-state index is 13.7. The van der Waals surface area contributed by atoms with Crippen LogP contribution in [0.15, 0.2) is 53.8 Å². The molecule has 0 radical (unpaired) electrons. The Bertz CT molecular complexity index is 1120. The molecule has 4 aromatic rings. The molecule has 4 heterocycles. The number of oxazole rings is 1. The third-order valence-corrected chi connectivity index (χ3v) is 5.24. The number of aryl methyl sites for hydroxylation is 1. The minimum atomic E-state index is -1.04. The van der Waals surface area contributed by atoms with Crippen molar-refractivity contribution in [1.29, 1.82) is 0 Å². The molecule has 0 aliphatic heterocycles. The summed E-state index contributed by atoms with van der Waals surface area (Å²) >= 11 is 1.52. The van der Waals surface area contributed by atoms with Crippen LogP contribution in [0.3, 0.4) is 0 Å². The molecule has 0 bridgehead atoms. The van der Waals surface area contributed by atoms with Gasteiger partial charge in [-0.15, -0.1) is 11.3 Å². The second kappa shape index (κ2) is 7.28. The highest BCUT2D eigenvalue weighted by Crippen LogP contribution is 2.37. The second-order valence-corrected chi connectivity index (χ2v) is 6.91. The lowest BCUT2D eigenvalue weighted by Gasteiger charge is -2.07. The van der Waals surface area contributed by atoms with Gasteiger partial charge in [0.15, 0.2) is 23.8 Å². The molecule has 0 saturated heterocycles. The lowest BCUT2D eigenvalue weighted by Crippen LogP contribution is -2.16. The van der Waals surface area contributed by atoms with Gasteiger partial charge in [-0.3, -0.25) is 9.78 Å². The van der Waals surface area contributed by atoms with E-state index in [0.29, 0.717) is 5.76 Å². The Kier molecular flexibility index (Phi) is 4.66. The molecule has 4 aromatic heterocycles. The number of amides is 1. The van der Waals surface area contributed by atoms with Crippen LogP contribution in [0.25, 0.3) is 21.1 Å². The maximum Gasteiger partial charge on any atom is 0.262 e. The SMILES string of the molecule is Cc1cc(-c2cnco2)sc1-c1ccc(NC(=O)c2c(F)cncc2F)nc1. The van der Waals surface area contributed by atoms with E-state index in [1.807, 2.05) is 13.0 Å². The molecule has 0 saturated carbocycles. The Morgan fingerprint density at radius 2 is 1.89 bits per heavy atom. The highest BCUT2D eigenvalue weighted by Gasteiger charge is 2.18. The number of hydrogen-bond acceptors (Lipinski definition) is 6. The van der Waals surface area contributed by atoms with Gasteiger partial charge in [0.25, 0.3) is 5.91 Å². The molecular weight excluding hydrogens is 386 g/mol. The number of aromatic nitrogens is 3. The van der Waals surface area contributed by atoms with Gasteiger partial charge >= 0.3 is 0 Å². The van der Waals surface area contributed by atoms with Crippen LogP contribution in [0.5, 0.6) is 0 Å². The zero-order valence-electron chi connectivity index (χ0n) is 14.4. The summed E-state index contributed by atoms with van der Waals surface area (Å²) < 4.78 is 32.6. The van der Waals surface area contributed by atoms with E-state index in [2.05, 4.69) is 20.3 Å². The van der Waals surface area contributed by atoms with Crippen molar-refractivity contribution in [1.82, 2.24) is 15.0 Å². The number of halogens is 2. The summed E-state index contributed by atoms with van der Waals surface area (Å²) in [4.78, 5) is 25.5. The molecule has 0 aliphatic rings. The summed E-state index contributed by atoms with van der Waals surface area (Å²) in [5.74, 6) is -2.16. The fraction of sp³-hybridized carbons (Fsp3) is 0.0526. The highest BCUT2D eigenvalue weighted by atomic mass is 32.1. The van der Waals surface area contributed by atoms with Crippen molar-refractivity contribution >= 4 is 23.1 Å². The lowest BCUT2D eigenvalue weighted by atomic mass is 10.1. The van der Waals surface area contributed by atoms with Crippen LogP contribution >= 0.6 is 11.3 Å². The van der Waals surface area contributed by atoms with Gasteiger partial charge in [-0.2, -0.15) is 0 Å². The second-order valence-electron chi connectivity index (χ2n) is 5.85. The molecule has 6 nitrogen and oxygen atoms in total. The average molecular weight is 398 g/mol. The Labute approximate surface area is 161 Å². The quantitative estimate of drug-likeness (QED) is 0.539. The topological polar surface area (TPSA) is 80.9 Å². The molecule has 9 heteroatoms. The van der Waals surface area contributed by atoms with E-state index in [1.54, 1.807) is 24.5 Å². The highest BCUT2D eigenvalue weighted by molar-refractivity contribution is 7.19. The third-order valence-electron chi connectivity index (χ3n) is 3.94. The Morgan fingerprint density at radius 1 is 1.11 bits per heavy atom. The zero-order chi connectivity index (χ0) is 19.7. The summed E-state index contributed by atoms with van der Waals surface area (Å²) in [6.45, 7) is 1.97. The number of hydrogen-bond donors (Lipinski definition) is 1. The van der Waals surface area contributed by atoms with Gasteiger partial charge in [0.05, 0.1) is 23.5 Å². The maximum atomic E-state index is 13.7. The number of carbonyl (C=O) groups is 1. The van der Waals surface area contributed by atoms with E-state index in [9.17, 15) is 13.6 Å². The molecule has 0 atom stereocenters.